The third-order valence-electron chi connectivity index (χ3n) is 2.19. The molecule has 0 fully saturated rings. The number of hydrogen-bond donors (Lipinski definition) is 0. The van der Waals surface area contributed by atoms with Gasteiger partial charge < -0.3 is 4.90 Å². The highest BCUT2D eigenvalue weighted by Gasteiger charge is 2.15. The number of anilines is 1. The molecular formula is C14H15Cl2NS. The van der Waals surface area contributed by atoms with Crippen LogP contribution in [0.2, 0.25) is 10.0 Å². The maximum absolute atomic E-state index is 6.21. The number of para-hydroxylation sites is 1. The summed E-state index contributed by atoms with van der Waals surface area (Å²) in [5.41, 5.74) is 0.766. The first-order valence-electron chi connectivity index (χ1n) is 5.36. The average Bonchev–Trinajstić information content (AvgIpc) is 2.34. The van der Waals surface area contributed by atoms with E-state index < -0.39 is 0 Å². The van der Waals surface area contributed by atoms with Crippen LogP contribution in [-0.4, -0.2) is 12.3 Å². The van der Waals surface area contributed by atoms with Crippen LogP contribution in [0.4, 0.5) is 5.69 Å². The molecule has 1 nitrogen and oxygen atoms in total. The summed E-state index contributed by atoms with van der Waals surface area (Å²) in [6.07, 6.45) is 3.62. The van der Waals surface area contributed by atoms with Gasteiger partial charge in [-0.1, -0.05) is 48.0 Å². The van der Waals surface area contributed by atoms with E-state index in [-0.39, 0.29) is 0 Å². The molecule has 1 aromatic rings. The molecule has 4 heteroatoms. The molecule has 0 spiro atoms. The van der Waals surface area contributed by atoms with Gasteiger partial charge in [0.15, 0.2) is 0 Å². The Morgan fingerprint density at radius 1 is 1.22 bits per heavy atom. The Kier molecular flexibility index (Phi) is 6.41. The number of nitrogens with zero attached hydrogens (tertiary/aromatic N) is 1. The molecule has 0 unspecified atom stereocenters. The molecule has 0 aromatic heterocycles. The molecule has 0 aliphatic heterocycles. The fourth-order valence-electron chi connectivity index (χ4n) is 1.43. The van der Waals surface area contributed by atoms with E-state index in [1.165, 1.54) is 0 Å². The first-order valence-corrected chi connectivity index (χ1v) is 7.11. The molecule has 0 atom stereocenters. The number of rotatable bonds is 7. The van der Waals surface area contributed by atoms with Crippen molar-refractivity contribution >= 4 is 40.7 Å². The van der Waals surface area contributed by atoms with Crippen molar-refractivity contribution in [2.24, 2.45) is 0 Å². The summed E-state index contributed by atoms with van der Waals surface area (Å²) in [6, 6.07) is 5.44. The van der Waals surface area contributed by atoms with E-state index in [0.717, 1.165) is 16.5 Å². The normalized spacial score (nSPS) is 9.89. The summed E-state index contributed by atoms with van der Waals surface area (Å²) >= 11 is 14.0. The maximum atomic E-state index is 6.21. The van der Waals surface area contributed by atoms with Crippen molar-refractivity contribution < 1.29 is 0 Å². The van der Waals surface area contributed by atoms with Crippen LogP contribution in [0.3, 0.4) is 0 Å². The van der Waals surface area contributed by atoms with Crippen LogP contribution in [0, 0.1) is 0 Å². The van der Waals surface area contributed by atoms with Gasteiger partial charge in [-0.05, 0) is 12.1 Å². The first kappa shape index (κ1) is 15.2. The zero-order chi connectivity index (χ0) is 13.5. The van der Waals surface area contributed by atoms with E-state index in [1.807, 2.05) is 29.2 Å². The second kappa shape index (κ2) is 7.57. The van der Waals surface area contributed by atoms with Gasteiger partial charge in [0.2, 0.25) is 0 Å². The van der Waals surface area contributed by atoms with Gasteiger partial charge in [0.05, 0.1) is 20.8 Å². The van der Waals surface area contributed by atoms with Crippen LogP contribution in [-0.2, 0) is 0 Å². The minimum absolute atomic E-state index is 0.602. The van der Waals surface area contributed by atoms with Crippen molar-refractivity contribution in [3.63, 3.8) is 0 Å². The second-order valence-electron chi connectivity index (χ2n) is 3.46. The predicted molar refractivity (Wildman–Crippen MR) is 85.8 cm³/mol. The molecule has 0 saturated heterocycles. The van der Waals surface area contributed by atoms with Crippen LogP contribution < -0.4 is 4.90 Å². The highest BCUT2D eigenvalue weighted by Crippen LogP contribution is 2.37. The van der Waals surface area contributed by atoms with Crippen LogP contribution in [0.15, 0.2) is 55.1 Å². The summed E-state index contributed by atoms with van der Waals surface area (Å²) in [6.45, 7) is 12.1. The summed E-state index contributed by atoms with van der Waals surface area (Å²) in [5, 5.41) is 2.07. The lowest BCUT2D eigenvalue weighted by Gasteiger charge is -2.26. The van der Waals surface area contributed by atoms with Gasteiger partial charge in [-0.3, -0.25) is 0 Å². The number of benzene rings is 1. The van der Waals surface area contributed by atoms with Gasteiger partial charge in [-0.25, -0.2) is 0 Å². The van der Waals surface area contributed by atoms with Gasteiger partial charge in [-0.15, -0.1) is 24.9 Å². The molecule has 18 heavy (non-hydrogen) atoms. The smallest absolute Gasteiger partial charge is 0.0796 e. The van der Waals surface area contributed by atoms with Crippen molar-refractivity contribution in [3.8, 4) is 0 Å². The SMILES string of the molecule is C=CCSC(=C)N(CC=C)c1c(Cl)cccc1Cl. The van der Waals surface area contributed by atoms with Crippen molar-refractivity contribution in [1.29, 1.82) is 0 Å². The average molecular weight is 300 g/mol. The Labute approximate surface area is 123 Å². The molecule has 1 rings (SSSR count). The second-order valence-corrected chi connectivity index (χ2v) is 5.37. The number of thioether (sulfide) groups is 1. The fraction of sp³-hybridized carbons (Fsp3) is 0.143. The van der Waals surface area contributed by atoms with Crippen molar-refractivity contribution in [3.05, 3.63) is 65.2 Å². The predicted octanol–water partition coefficient (Wildman–Crippen LogP) is 5.38. The summed E-state index contributed by atoms with van der Waals surface area (Å²) in [4.78, 5) is 1.95. The minimum atomic E-state index is 0.602. The van der Waals surface area contributed by atoms with Gasteiger partial charge in [0.25, 0.3) is 0 Å². The highest BCUT2D eigenvalue weighted by molar-refractivity contribution is 8.03. The van der Waals surface area contributed by atoms with E-state index in [9.17, 15) is 0 Å². The highest BCUT2D eigenvalue weighted by atomic mass is 35.5. The molecular weight excluding hydrogens is 285 g/mol. The Morgan fingerprint density at radius 2 is 1.83 bits per heavy atom. The molecule has 0 heterocycles. The van der Waals surface area contributed by atoms with Gasteiger partial charge in [0, 0.05) is 12.3 Å². The standard InChI is InChI=1S/C14H15Cl2NS/c1-4-9-17(11(3)18-10-5-2)14-12(15)7-6-8-13(14)16/h4-8H,1-3,9-10H2. The Morgan fingerprint density at radius 3 is 2.33 bits per heavy atom. The van der Waals surface area contributed by atoms with Crippen molar-refractivity contribution in [1.82, 2.24) is 0 Å². The van der Waals surface area contributed by atoms with Crippen molar-refractivity contribution in [2.75, 3.05) is 17.2 Å². The summed E-state index contributed by atoms with van der Waals surface area (Å²) in [7, 11) is 0. The lowest BCUT2D eigenvalue weighted by Crippen LogP contribution is -2.21. The van der Waals surface area contributed by atoms with Crippen LogP contribution in [0.25, 0.3) is 0 Å². The number of hydrogen-bond acceptors (Lipinski definition) is 2. The molecule has 0 N–H and O–H groups in total. The third kappa shape index (κ3) is 3.84. The molecule has 0 aliphatic carbocycles. The van der Waals surface area contributed by atoms with Gasteiger partial charge >= 0.3 is 0 Å². The monoisotopic (exact) mass is 299 g/mol. The van der Waals surface area contributed by atoms with E-state index >= 15 is 0 Å². The summed E-state index contributed by atoms with van der Waals surface area (Å²) in [5.74, 6) is 0.786. The molecule has 0 bridgehead atoms. The lowest BCUT2D eigenvalue weighted by atomic mass is 10.3. The van der Waals surface area contributed by atoms with Crippen LogP contribution in [0.1, 0.15) is 0 Å². The van der Waals surface area contributed by atoms with Gasteiger partial charge in [0.1, 0.15) is 0 Å². The van der Waals surface area contributed by atoms with E-state index in [4.69, 9.17) is 23.2 Å². The van der Waals surface area contributed by atoms with Gasteiger partial charge in [-0.2, -0.15) is 0 Å². The molecule has 96 valence electrons. The largest absolute Gasteiger partial charge is 0.330 e. The lowest BCUT2D eigenvalue weighted by molar-refractivity contribution is 1.08. The van der Waals surface area contributed by atoms with Crippen molar-refractivity contribution in [2.45, 2.75) is 0 Å². The van der Waals surface area contributed by atoms with E-state index in [0.29, 0.717) is 16.6 Å². The Bertz CT molecular complexity index is 437. The topological polar surface area (TPSA) is 3.24 Å². The molecule has 0 amide bonds. The molecule has 1 aromatic carbocycles. The quantitative estimate of drug-likeness (QED) is 0.622. The zero-order valence-electron chi connectivity index (χ0n) is 10.0. The van der Waals surface area contributed by atoms with Crippen LogP contribution in [0.5, 0.6) is 0 Å². The fourth-order valence-corrected chi connectivity index (χ4v) is 2.66. The maximum Gasteiger partial charge on any atom is 0.0796 e. The Balaban J connectivity index is 3.07. The summed E-state index contributed by atoms with van der Waals surface area (Å²) < 4.78 is 0. The third-order valence-corrected chi connectivity index (χ3v) is 3.75. The van der Waals surface area contributed by atoms with Crippen LogP contribution >= 0.6 is 35.0 Å². The molecule has 0 saturated carbocycles. The number of halogens is 2. The molecule has 0 aliphatic rings. The zero-order valence-corrected chi connectivity index (χ0v) is 12.4. The van der Waals surface area contributed by atoms with E-state index in [2.05, 4.69) is 19.7 Å². The molecule has 0 radical (unpaired) electrons. The minimum Gasteiger partial charge on any atom is -0.330 e. The van der Waals surface area contributed by atoms with E-state index in [1.54, 1.807) is 17.8 Å². The first-order chi connectivity index (χ1) is 8.61. The Hall–Kier alpha value is -0.830.